The average Bonchev–Trinajstić information content (AvgIpc) is 2.44. The number of pyridine rings is 1. The maximum Gasteiger partial charge on any atom is 0.127 e. The molecular formula is C17H26N4. The van der Waals surface area contributed by atoms with Crippen molar-refractivity contribution < 1.29 is 0 Å². The summed E-state index contributed by atoms with van der Waals surface area (Å²) in [5, 5.41) is 12.5. The largest absolute Gasteiger partial charge is 0.368 e. The third-order valence-electron chi connectivity index (χ3n) is 4.70. The monoisotopic (exact) mass is 286 g/mol. The van der Waals surface area contributed by atoms with Gasteiger partial charge in [-0.25, -0.2) is 4.98 Å². The highest BCUT2D eigenvalue weighted by molar-refractivity contribution is 5.44. The predicted octanol–water partition coefficient (Wildman–Crippen LogP) is 3.18. The Balaban J connectivity index is 2.12. The first-order chi connectivity index (χ1) is 9.95. The van der Waals surface area contributed by atoms with E-state index in [9.17, 15) is 0 Å². The van der Waals surface area contributed by atoms with Crippen molar-refractivity contribution in [2.45, 2.75) is 45.1 Å². The smallest absolute Gasteiger partial charge is 0.127 e. The number of nitriles is 1. The van der Waals surface area contributed by atoms with Crippen molar-refractivity contribution in [1.82, 2.24) is 9.88 Å². The van der Waals surface area contributed by atoms with Crippen LogP contribution in [0.15, 0.2) is 12.1 Å². The second-order valence-corrected chi connectivity index (χ2v) is 6.67. The molecule has 21 heavy (non-hydrogen) atoms. The first-order valence-corrected chi connectivity index (χ1v) is 7.75. The van der Waals surface area contributed by atoms with Crippen LogP contribution < -0.4 is 5.32 Å². The summed E-state index contributed by atoms with van der Waals surface area (Å²) in [6.45, 7) is 5.15. The van der Waals surface area contributed by atoms with E-state index in [2.05, 4.69) is 42.3 Å². The van der Waals surface area contributed by atoms with Crippen LogP contribution in [0.1, 0.15) is 43.9 Å². The SMILES string of the molecule is Cc1cc(C#N)cc(NCC2(N(C)C)CCCC(C)C2)n1. The Morgan fingerprint density at radius 1 is 1.48 bits per heavy atom. The van der Waals surface area contributed by atoms with E-state index in [1.807, 2.05) is 19.1 Å². The molecule has 1 saturated carbocycles. The van der Waals surface area contributed by atoms with Crippen LogP contribution in [0.3, 0.4) is 0 Å². The Labute approximate surface area is 128 Å². The number of nitrogens with zero attached hydrogens (tertiary/aromatic N) is 3. The van der Waals surface area contributed by atoms with Gasteiger partial charge in [0.2, 0.25) is 0 Å². The molecule has 0 amide bonds. The minimum atomic E-state index is 0.190. The lowest BCUT2D eigenvalue weighted by Crippen LogP contribution is -2.52. The lowest BCUT2D eigenvalue weighted by atomic mass is 9.75. The molecule has 0 radical (unpaired) electrons. The minimum Gasteiger partial charge on any atom is -0.368 e. The molecule has 0 aliphatic heterocycles. The van der Waals surface area contributed by atoms with E-state index in [1.54, 1.807) is 0 Å². The molecule has 0 aromatic carbocycles. The third kappa shape index (κ3) is 3.74. The number of rotatable bonds is 4. The molecule has 114 valence electrons. The maximum atomic E-state index is 9.06. The van der Waals surface area contributed by atoms with Crippen molar-refractivity contribution in [2.24, 2.45) is 5.92 Å². The summed E-state index contributed by atoms with van der Waals surface area (Å²) < 4.78 is 0. The van der Waals surface area contributed by atoms with Crippen LogP contribution >= 0.6 is 0 Å². The Morgan fingerprint density at radius 2 is 2.24 bits per heavy atom. The lowest BCUT2D eigenvalue weighted by Gasteiger charge is -2.45. The van der Waals surface area contributed by atoms with E-state index in [1.165, 1.54) is 25.7 Å². The number of anilines is 1. The molecule has 0 spiro atoms. The van der Waals surface area contributed by atoms with Gasteiger partial charge in [-0.2, -0.15) is 5.26 Å². The van der Waals surface area contributed by atoms with Crippen LogP contribution in [0.5, 0.6) is 0 Å². The zero-order valence-corrected chi connectivity index (χ0v) is 13.6. The van der Waals surface area contributed by atoms with Gasteiger partial charge in [0.15, 0.2) is 0 Å². The quantitative estimate of drug-likeness (QED) is 0.923. The molecule has 2 unspecified atom stereocenters. The van der Waals surface area contributed by atoms with Crippen molar-refractivity contribution in [1.29, 1.82) is 5.26 Å². The molecule has 1 aromatic heterocycles. The summed E-state index contributed by atoms with van der Waals surface area (Å²) >= 11 is 0. The van der Waals surface area contributed by atoms with Gasteiger partial charge in [0.1, 0.15) is 5.82 Å². The molecule has 1 N–H and O–H groups in total. The first-order valence-electron chi connectivity index (χ1n) is 7.75. The fraction of sp³-hybridized carbons (Fsp3) is 0.647. The first kappa shape index (κ1) is 15.8. The highest BCUT2D eigenvalue weighted by Gasteiger charge is 2.36. The maximum absolute atomic E-state index is 9.06. The molecule has 0 bridgehead atoms. The summed E-state index contributed by atoms with van der Waals surface area (Å²) in [7, 11) is 4.34. The Hall–Kier alpha value is -1.60. The molecule has 1 heterocycles. The normalized spacial score (nSPS) is 25.6. The van der Waals surface area contributed by atoms with Crippen molar-refractivity contribution in [2.75, 3.05) is 26.0 Å². The molecule has 1 aromatic rings. The van der Waals surface area contributed by atoms with Gasteiger partial charge in [0, 0.05) is 17.8 Å². The molecule has 4 heteroatoms. The van der Waals surface area contributed by atoms with Gasteiger partial charge in [-0.05, 0) is 51.9 Å². The van der Waals surface area contributed by atoms with Crippen LogP contribution in [-0.2, 0) is 0 Å². The van der Waals surface area contributed by atoms with Gasteiger partial charge in [0.25, 0.3) is 0 Å². The Kier molecular flexibility index (Phi) is 4.84. The second kappa shape index (κ2) is 6.44. The second-order valence-electron chi connectivity index (χ2n) is 6.67. The topological polar surface area (TPSA) is 52.0 Å². The fourth-order valence-corrected chi connectivity index (χ4v) is 3.44. The van der Waals surface area contributed by atoms with E-state index in [4.69, 9.17) is 5.26 Å². The molecule has 1 aliphatic rings. The third-order valence-corrected chi connectivity index (χ3v) is 4.70. The standard InChI is InChI=1S/C17H26N4/c1-13-6-5-7-17(10-13,21(3)4)12-19-16-9-15(11-18)8-14(2)20-16/h8-9,13H,5-7,10,12H2,1-4H3,(H,19,20). The van der Waals surface area contributed by atoms with Gasteiger partial charge in [-0.1, -0.05) is 19.8 Å². The highest BCUT2D eigenvalue weighted by atomic mass is 15.2. The van der Waals surface area contributed by atoms with Crippen LogP contribution in [0.2, 0.25) is 0 Å². The van der Waals surface area contributed by atoms with Crippen molar-refractivity contribution in [3.8, 4) is 6.07 Å². The summed E-state index contributed by atoms with van der Waals surface area (Å²) in [5.74, 6) is 1.58. The average molecular weight is 286 g/mol. The lowest BCUT2D eigenvalue weighted by molar-refractivity contribution is 0.0881. The summed E-state index contributed by atoms with van der Waals surface area (Å²) in [6, 6.07) is 5.85. The van der Waals surface area contributed by atoms with E-state index >= 15 is 0 Å². The van der Waals surface area contributed by atoms with E-state index in [0.717, 1.165) is 24.0 Å². The minimum absolute atomic E-state index is 0.190. The van der Waals surface area contributed by atoms with Gasteiger partial charge in [-0.3, -0.25) is 0 Å². The van der Waals surface area contributed by atoms with Gasteiger partial charge < -0.3 is 10.2 Å². The number of aryl methyl sites for hydroxylation is 1. The van der Waals surface area contributed by atoms with Crippen LogP contribution in [0.4, 0.5) is 5.82 Å². The van der Waals surface area contributed by atoms with Gasteiger partial charge in [-0.15, -0.1) is 0 Å². The molecular weight excluding hydrogens is 260 g/mol. The molecule has 1 aliphatic carbocycles. The summed E-state index contributed by atoms with van der Waals surface area (Å²) in [4.78, 5) is 6.85. The predicted molar refractivity (Wildman–Crippen MR) is 86.2 cm³/mol. The summed E-state index contributed by atoms with van der Waals surface area (Å²) in [5.41, 5.74) is 1.74. The Bertz CT molecular complexity index is 532. The van der Waals surface area contributed by atoms with Crippen molar-refractivity contribution in [3.05, 3.63) is 23.4 Å². The zero-order valence-electron chi connectivity index (χ0n) is 13.6. The zero-order chi connectivity index (χ0) is 15.5. The number of likely N-dealkylation sites (N-methyl/N-ethyl adjacent to an activating group) is 1. The van der Waals surface area contributed by atoms with Crippen molar-refractivity contribution in [3.63, 3.8) is 0 Å². The fourth-order valence-electron chi connectivity index (χ4n) is 3.44. The molecule has 0 saturated heterocycles. The number of hydrogen-bond donors (Lipinski definition) is 1. The molecule has 2 rings (SSSR count). The Morgan fingerprint density at radius 3 is 2.86 bits per heavy atom. The number of hydrogen-bond acceptors (Lipinski definition) is 4. The van der Waals surface area contributed by atoms with Crippen LogP contribution in [0, 0.1) is 24.2 Å². The van der Waals surface area contributed by atoms with Gasteiger partial charge in [0.05, 0.1) is 11.6 Å². The van der Waals surface area contributed by atoms with E-state index in [-0.39, 0.29) is 5.54 Å². The number of aromatic nitrogens is 1. The molecule has 4 nitrogen and oxygen atoms in total. The van der Waals surface area contributed by atoms with E-state index < -0.39 is 0 Å². The molecule has 2 atom stereocenters. The summed E-state index contributed by atoms with van der Waals surface area (Å²) in [6.07, 6.45) is 5.04. The van der Waals surface area contributed by atoms with Crippen LogP contribution in [-0.4, -0.2) is 36.1 Å². The molecule has 1 fully saturated rings. The highest BCUT2D eigenvalue weighted by Crippen LogP contribution is 2.35. The van der Waals surface area contributed by atoms with E-state index in [0.29, 0.717) is 5.56 Å². The number of nitrogens with one attached hydrogen (secondary N) is 1. The van der Waals surface area contributed by atoms with Crippen LogP contribution in [0.25, 0.3) is 0 Å². The van der Waals surface area contributed by atoms with Crippen molar-refractivity contribution >= 4 is 5.82 Å². The van der Waals surface area contributed by atoms with Gasteiger partial charge >= 0.3 is 0 Å².